The van der Waals surface area contributed by atoms with Crippen LogP contribution < -0.4 is 5.63 Å². The summed E-state index contributed by atoms with van der Waals surface area (Å²) in [6, 6.07) is 10.6. The third kappa shape index (κ3) is 2.54. The number of para-hydroxylation sites is 1. The van der Waals surface area contributed by atoms with Crippen molar-refractivity contribution in [3.8, 4) is 0 Å². The van der Waals surface area contributed by atoms with Crippen LogP contribution in [0.15, 0.2) is 56.4 Å². The summed E-state index contributed by atoms with van der Waals surface area (Å²) < 4.78 is 9.07. The third-order valence-electron chi connectivity index (χ3n) is 1.78. The average Bonchev–Trinajstić information content (AvgIpc) is 2.87. The predicted octanol–water partition coefficient (Wildman–Crippen LogP) is 1.66. The van der Waals surface area contributed by atoms with Crippen LogP contribution in [0.25, 0.3) is 11.0 Å². The largest absolute Gasteiger partial charge is 0.423 e. The van der Waals surface area contributed by atoms with Gasteiger partial charge in [-0.25, -0.2) is 4.79 Å². The lowest BCUT2D eigenvalue weighted by Gasteiger charge is -1.91. The van der Waals surface area contributed by atoms with Gasteiger partial charge in [0.05, 0.1) is 0 Å². The Bertz CT molecular complexity index is 584. The van der Waals surface area contributed by atoms with E-state index in [2.05, 4.69) is 21.1 Å². The van der Waals surface area contributed by atoms with Crippen molar-refractivity contribution in [2.75, 3.05) is 0 Å². The lowest BCUT2D eigenvalue weighted by atomic mass is 10.2. The van der Waals surface area contributed by atoms with E-state index in [-0.39, 0.29) is 5.63 Å². The minimum atomic E-state index is -0.302. The highest BCUT2D eigenvalue weighted by Crippen LogP contribution is 2.08. The van der Waals surface area contributed by atoms with E-state index < -0.39 is 0 Å². The van der Waals surface area contributed by atoms with E-state index in [0.717, 1.165) is 5.39 Å². The summed E-state index contributed by atoms with van der Waals surface area (Å²) in [6.45, 7) is 0. The van der Waals surface area contributed by atoms with Gasteiger partial charge in [0.25, 0.3) is 0 Å². The Morgan fingerprint density at radius 1 is 1.12 bits per heavy atom. The number of fused-ring (bicyclic) bond motifs is 1. The fraction of sp³-hybridized carbons (Fsp3) is 0. The number of rotatable bonds is 0. The highest BCUT2D eigenvalue weighted by molar-refractivity contribution is 5.75. The Morgan fingerprint density at radius 2 is 2.00 bits per heavy atom. The Hall–Kier alpha value is -2.43. The second-order valence-electron chi connectivity index (χ2n) is 2.83. The SMILES string of the molecule is O=c1ccc2ccccc2o1.[c]1conn1. The van der Waals surface area contributed by atoms with E-state index in [1.54, 1.807) is 12.1 Å². The zero-order valence-electron chi connectivity index (χ0n) is 8.16. The van der Waals surface area contributed by atoms with Gasteiger partial charge in [0.2, 0.25) is 0 Å². The Balaban J connectivity index is 0.000000162. The Morgan fingerprint density at radius 3 is 2.69 bits per heavy atom. The molecule has 0 atom stereocenters. The quantitative estimate of drug-likeness (QED) is 0.533. The fourth-order valence-corrected chi connectivity index (χ4v) is 1.13. The first-order valence-corrected chi connectivity index (χ1v) is 4.48. The maximum Gasteiger partial charge on any atom is 0.336 e. The lowest BCUT2D eigenvalue weighted by Crippen LogP contribution is -1.93. The highest BCUT2D eigenvalue weighted by atomic mass is 16.5. The van der Waals surface area contributed by atoms with Gasteiger partial charge in [-0.2, -0.15) is 0 Å². The summed E-state index contributed by atoms with van der Waals surface area (Å²) in [5.74, 6) is 0. The summed E-state index contributed by atoms with van der Waals surface area (Å²) >= 11 is 0. The smallest absolute Gasteiger partial charge is 0.336 e. The second kappa shape index (κ2) is 4.88. The maximum atomic E-state index is 10.7. The molecule has 0 N–H and O–H groups in total. The standard InChI is InChI=1S/C9H6O2.C2HN2O/c10-9-6-5-7-3-1-2-4-8(7)11-9;1-2-5-4-3-1/h1-6H;2H. The van der Waals surface area contributed by atoms with Crippen LogP contribution in [0.1, 0.15) is 0 Å². The summed E-state index contributed by atoms with van der Waals surface area (Å²) in [6.07, 6.45) is 3.61. The number of nitrogens with zero attached hydrogens (tertiary/aromatic N) is 2. The molecule has 3 aromatic rings. The van der Waals surface area contributed by atoms with Crippen LogP contribution in [0, 0.1) is 6.20 Å². The van der Waals surface area contributed by atoms with Crippen molar-refractivity contribution in [1.29, 1.82) is 0 Å². The van der Waals surface area contributed by atoms with Crippen LogP contribution in [-0.4, -0.2) is 10.4 Å². The van der Waals surface area contributed by atoms with E-state index in [1.807, 2.05) is 18.2 Å². The zero-order valence-corrected chi connectivity index (χ0v) is 8.16. The van der Waals surface area contributed by atoms with Crippen LogP contribution in [0.4, 0.5) is 0 Å². The van der Waals surface area contributed by atoms with E-state index in [1.165, 1.54) is 12.3 Å². The molecule has 0 aliphatic heterocycles. The molecule has 0 bridgehead atoms. The molecule has 5 nitrogen and oxygen atoms in total. The van der Waals surface area contributed by atoms with Crippen molar-refractivity contribution in [3.05, 3.63) is 59.3 Å². The van der Waals surface area contributed by atoms with E-state index in [9.17, 15) is 4.79 Å². The molecule has 2 aromatic heterocycles. The normalized spacial score (nSPS) is 9.50. The van der Waals surface area contributed by atoms with Crippen molar-refractivity contribution >= 4 is 11.0 Å². The van der Waals surface area contributed by atoms with Gasteiger partial charge in [0.15, 0.2) is 12.5 Å². The molecule has 0 saturated heterocycles. The van der Waals surface area contributed by atoms with Crippen LogP contribution >= 0.6 is 0 Å². The molecule has 0 spiro atoms. The summed E-state index contributed by atoms with van der Waals surface area (Å²) in [7, 11) is 0. The van der Waals surface area contributed by atoms with Crippen molar-refractivity contribution in [3.63, 3.8) is 0 Å². The minimum absolute atomic E-state index is 0.302. The molecule has 0 aliphatic rings. The molecule has 2 heterocycles. The van der Waals surface area contributed by atoms with Crippen molar-refractivity contribution in [2.24, 2.45) is 0 Å². The van der Waals surface area contributed by atoms with Gasteiger partial charge in [0.1, 0.15) is 5.58 Å². The third-order valence-corrected chi connectivity index (χ3v) is 1.78. The topological polar surface area (TPSA) is 69.1 Å². The second-order valence-corrected chi connectivity index (χ2v) is 2.83. The van der Waals surface area contributed by atoms with Crippen LogP contribution in [0.3, 0.4) is 0 Å². The number of aromatic nitrogens is 2. The van der Waals surface area contributed by atoms with Crippen LogP contribution in [0.2, 0.25) is 0 Å². The minimum Gasteiger partial charge on any atom is -0.423 e. The number of hydrogen-bond acceptors (Lipinski definition) is 5. The molecule has 0 aliphatic carbocycles. The molecule has 0 fully saturated rings. The molecule has 1 aromatic carbocycles. The van der Waals surface area contributed by atoms with E-state index in [4.69, 9.17) is 4.42 Å². The van der Waals surface area contributed by atoms with Gasteiger partial charge < -0.3 is 8.94 Å². The maximum absolute atomic E-state index is 10.7. The van der Waals surface area contributed by atoms with Crippen LogP contribution in [-0.2, 0) is 0 Å². The van der Waals surface area contributed by atoms with Gasteiger partial charge in [0, 0.05) is 16.7 Å². The summed E-state index contributed by atoms with van der Waals surface area (Å²) in [5.41, 5.74) is 0.337. The van der Waals surface area contributed by atoms with Crippen molar-refractivity contribution in [2.45, 2.75) is 0 Å². The first-order valence-electron chi connectivity index (χ1n) is 4.48. The summed E-state index contributed by atoms with van der Waals surface area (Å²) in [5, 5.41) is 7.17. The Labute approximate surface area is 90.3 Å². The Kier molecular flexibility index (Phi) is 3.08. The molecule has 0 unspecified atom stereocenters. The average molecular weight is 215 g/mol. The van der Waals surface area contributed by atoms with Crippen molar-refractivity contribution < 1.29 is 8.94 Å². The predicted molar refractivity (Wildman–Crippen MR) is 55.6 cm³/mol. The van der Waals surface area contributed by atoms with Crippen molar-refractivity contribution in [1.82, 2.24) is 10.4 Å². The summed E-state index contributed by atoms with van der Waals surface area (Å²) in [4.78, 5) is 10.7. The molecule has 5 heteroatoms. The van der Waals surface area contributed by atoms with E-state index >= 15 is 0 Å². The van der Waals surface area contributed by atoms with Crippen LogP contribution in [0.5, 0.6) is 0 Å². The van der Waals surface area contributed by atoms with Gasteiger partial charge in [-0.1, -0.05) is 18.2 Å². The molecule has 16 heavy (non-hydrogen) atoms. The van der Waals surface area contributed by atoms with Gasteiger partial charge >= 0.3 is 5.63 Å². The molecule has 0 amide bonds. The number of benzene rings is 1. The van der Waals surface area contributed by atoms with Gasteiger partial charge in [-0.3, -0.25) is 0 Å². The molecule has 79 valence electrons. The zero-order chi connectivity index (χ0) is 11.2. The molecular formula is C11H7N2O3. The molecule has 3 rings (SSSR count). The van der Waals surface area contributed by atoms with Gasteiger partial charge in [-0.05, 0) is 12.1 Å². The molecule has 1 radical (unpaired) electrons. The van der Waals surface area contributed by atoms with Gasteiger partial charge in [-0.15, -0.1) is 5.10 Å². The molecular weight excluding hydrogens is 208 g/mol. The first-order chi connectivity index (χ1) is 7.86. The first kappa shape index (κ1) is 10.1. The highest BCUT2D eigenvalue weighted by Gasteiger charge is 1.92. The monoisotopic (exact) mass is 215 g/mol. The lowest BCUT2D eigenvalue weighted by molar-refractivity contribution is 0.393. The number of hydrogen-bond donors (Lipinski definition) is 0. The fourth-order valence-electron chi connectivity index (χ4n) is 1.13. The molecule has 0 saturated carbocycles. The van der Waals surface area contributed by atoms with E-state index in [0.29, 0.717) is 5.58 Å².